The number of thiophene rings is 1. The molecule has 2 N–H and O–H groups in total. The molecule has 0 saturated carbocycles. The van der Waals surface area contributed by atoms with E-state index in [4.69, 9.17) is 11.6 Å². The van der Waals surface area contributed by atoms with Crippen LogP contribution in [-0.4, -0.2) is 26.7 Å². The van der Waals surface area contributed by atoms with Gasteiger partial charge in [-0.2, -0.15) is 0 Å². The number of aromatic nitrogens is 3. The molecule has 4 aromatic rings. The van der Waals surface area contributed by atoms with Crippen LogP contribution in [0.1, 0.15) is 25.6 Å². The minimum absolute atomic E-state index is 0.303. The molecule has 0 saturated heterocycles. The fourth-order valence-electron chi connectivity index (χ4n) is 2.72. The van der Waals surface area contributed by atoms with Crippen molar-refractivity contribution >= 4 is 50.5 Å². The predicted octanol–water partition coefficient (Wildman–Crippen LogP) is 4.09. The molecule has 28 heavy (non-hydrogen) atoms. The third kappa shape index (κ3) is 3.47. The predicted molar refractivity (Wildman–Crippen MR) is 110 cm³/mol. The first-order chi connectivity index (χ1) is 13.5. The second-order valence-corrected chi connectivity index (χ2v) is 7.48. The van der Waals surface area contributed by atoms with E-state index < -0.39 is 5.91 Å². The number of halogens is 1. The van der Waals surface area contributed by atoms with Gasteiger partial charge >= 0.3 is 0 Å². The van der Waals surface area contributed by atoms with Gasteiger partial charge in [0.25, 0.3) is 11.8 Å². The summed E-state index contributed by atoms with van der Waals surface area (Å²) in [7, 11) is 0. The maximum absolute atomic E-state index is 12.8. The molecule has 0 aliphatic heterocycles. The van der Waals surface area contributed by atoms with Crippen molar-refractivity contribution < 1.29 is 9.59 Å². The fraction of sp³-hybridized carbons (Fsp3) is 0.0526. The van der Waals surface area contributed by atoms with Gasteiger partial charge in [0.15, 0.2) is 0 Å². The fourth-order valence-corrected chi connectivity index (χ4v) is 4.23. The van der Waals surface area contributed by atoms with Gasteiger partial charge in [-0.05, 0) is 30.7 Å². The molecule has 0 spiro atoms. The van der Waals surface area contributed by atoms with E-state index in [-0.39, 0.29) is 5.91 Å². The number of hydrogen-bond acceptors (Lipinski definition) is 5. The number of carbonyl (C=O) groups is 2. The summed E-state index contributed by atoms with van der Waals surface area (Å²) in [5, 5.41) is 11.3. The summed E-state index contributed by atoms with van der Waals surface area (Å²) in [6.07, 6.45) is 2.72. The van der Waals surface area contributed by atoms with Gasteiger partial charge in [0, 0.05) is 10.1 Å². The number of nitrogens with zero attached hydrogens (tertiary/aromatic N) is 3. The Morgan fingerprint density at radius 1 is 1.07 bits per heavy atom. The maximum atomic E-state index is 12.8. The molecule has 2 heterocycles. The summed E-state index contributed by atoms with van der Waals surface area (Å²) < 4.78 is 2.26. The van der Waals surface area contributed by atoms with E-state index in [1.54, 1.807) is 24.3 Å². The van der Waals surface area contributed by atoms with Crippen LogP contribution in [0, 0.1) is 6.92 Å². The summed E-state index contributed by atoms with van der Waals surface area (Å²) in [5.74, 6) is -0.776. The molecule has 0 unspecified atom stereocenters. The standard InChI is InChI=1S/C19H14ClN5O2S/c1-11-6-7-13-15(8-11)28-17(16(13)20)19(27)23-14-5-3-2-4-12(14)18(26)24-25-9-21-22-10-25/h2-10H,1H3,(H,23,27)(H,24,26). The number of carbonyl (C=O) groups excluding carboxylic acids is 2. The van der Waals surface area contributed by atoms with Crippen molar-refractivity contribution in [2.75, 3.05) is 10.7 Å². The molecule has 140 valence electrons. The highest BCUT2D eigenvalue weighted by Gasteiger charge is 2.20. The molecule has 0 atom stereocenters. The average molecular weight is 412 g/mol. The third-order valence-corrected chi connectivity index (χ3v) is 5.72. The summed E-state index contributed by atoms with van der Waals surface area (Å²) in [4.78, 5) is 25.8. The lowest BCUT2D eigenvalue weighted by Crippen LogP contribution is -2.23. The highest BCUT2D eigenvalue weighted by Crippen LogP contribution is 2.36. The normalized spacial score (nSPS) is 10.8. The lowest BCUT2D eigenvalue weighted by Gasteiger charge is -2.11. The van der Waals surface area contributed by atoms with Gasteiger partial charge in [-0.1, -0.05) is 35.9 Å². The second-order valence-electron chi connectivity index (χ2n) is 6.05. The van der Waals surface area contributed by atoms with Crippen molar-refractivity contribution in [1.82, 2.24) is 14.9 Å². The van der Waals surface area contributed by atoms with Gasteiger partial charge in [-0.15, -0.1) is 21.5 Å². The maximum Gasteiger partial charge on any atom is 0.272 e. The molecular weight excluding hydrogens is 398 g/mol. The third-order valence-electron chi connectivity index (χ3n) is 4.06. The lowest BCUT2D eigenvalue weighted by molar-refractivity contribution is 0.101. The molecule has 2 aromatic heterocycles. The van der Waals surface area contributed by atoms with Crippen molar-refractivity contribution in [2.24, 2.45) is 0 Å². The van der Waals surface area contributed by atoms with Crippen molar-refractivity contribution in [3.05, 3.63) is 76.1 Å². The van der Waals surface area contributed by atoms with Crippen LogP contribution in [0.3, 0.4) is 0 Å². The summed E-state index contributed by atoms with van der Waals surface area (Å²) in [6.45, 7) is 1.98. The molecule has 0 bridgehead atoms. The van der Waals surface area contributed by atoms with Crippen molar-refractivity contribution in [2.45, 2.75) is 6.92 Å². The van der Waals surface area contributed by atoms with E-state index in [9.17, 15) is 9.59 Å². The molecule has 9 heteroatoms. The minimum Gasteiger partial charge on any atom is -0.320 e. The van der Waals surface area contributed by atoms with Crippen molar-refractivity contribution in [1.29, 1.82) is 0 Å². The van der Waals surface area contributed by atoms with Gasteiger partial charge in [-0.3, -0.25) is 15.0 Å². The van der Waals surface area contributed by atoms with Gasteiger partial charge in [0.1, 0.15) is 17.5 Å². The number of nitrogens with one attached hydrogen (secondary N) is 2. The molecule has 2 amide bonds. The Morgan fingerprint density at radius 3 is 2.61 bits per heavy atom. The molecule has 0 radical (unpaired) electrons. The Labute approximate surface area is 168 Å². The molecule has 2 aromatic carbocycles. The number of fused-ring (bicyclic) bond motifs is 1. The average Bonchev–Trinajstić information content (AvgIpc) is 3.30. The van der Waals surface area contributed by atoms with E-state index >= 15 is 0 Å². The molecule has 0 aliphatic carbocycles. The summed E-state index contributed by atoms with van der Waals surface area (Å²) in [6, 6.07) is 12.6. The minimum atomic E-state index is -0.409. The molecule has 0 fully saturated rings. The van der Waals surface area contributed by atoms with E-state index in [0.29, 0.717) is 21.2 Å². The van der Waals surface area contributed by atoms with Crippen LogP contribution >= 0.6 is 22.9 Å². The highest BCUT2D eigenvalue weighted by molar-refractivity contribution is 7.21. The van der Waals surface area contributed by atoms with E-state index in [1.165, 1.54) is 28.7 Å². The lowest BCUT2D eigenvalue weighted by atomic mass is 10.1. The zero-order valence-corrected chi connectivity index (χ0v) is 16.2. The number of aryl methyl sites for hydroxylation is 1. The molecule has 7 nitrogen and oxygen atoms in total. The summed E-state index contributed by atoms with van der Waals surface area (Å²) in [5.41, 5.74) is 4.38. The van der Waals surface area contributed by atoms with E-state index in [1.807, 2.05) is 25.1 Å². The van der Waals surface area contributed by atoms with E-state index in [0.717, 1.165) is 15.6 Å². The van der Waals surface area contributed by atoms with Crippen molar-refractivity contribution in [3.8, 4) is 0 Å². The zero-order chi connectivity index (χ0) is 19.7. The SMILES string of the molecule is Cc1ccc2c(Cl)c(C(=O)Nc3ccccc3C(=O)Nn3cnnc3)sc2c1. The van der Waals surface area contributed by atoms with Crippen LogP contribution in [0.4, 0.5) is 5.69 Å². The number of para-hydroxylation sites is 1. The largest absolute Gasteiger partial charge is 0.320 e. The van der Waals surface area contributed by atoms with Gasteiger partial charge in [0.2, 0.25) is 0 Å². The van der Waals surface area contributed by atoms with Crippen molar-refractivity contribution in [3.63, 3.8) is 0 Å². The van der Waals surface area contributed by atoms with Crippen LogP contribution in [0.25, 0.3) is 10.1 Å². The van der Waals surface area contributed by atoms with Gasteiger partial charge < -0.3 is 5.32 Å². The van der Waals surface area contributed by atoms with Crippen LogP contribution in [-0.2, 0) is 0 Å². The number of hydrogen-bond donors (Lipinski definition) is 2. The number of amides is 2. The highest BCUT2D eigenvalue weighted by atomic mass is 35.5. The van der Waals surface area contributed by atoms with Crippen LogP contribution < -0.4 is 10.7 Å². The van der Waals surface area contributed by atoms with Gasteiger partial charge in [0.05, 0.1) is 16.3 Å². The summed E-state index contributed by atoms with van der Waals surface area (Å²) >= 11 is 7.74. The number of rotatable bonds is 4. The second kappa shape index (κ2) is 7.41. The zero-order valence-electron chi connectivity index (χ0n) is 14.6. The Balaban J connectivity index is 1.62. The van der Waals surface area contributed by atoms with Gasteiger partial charge in [-0.25, -0.2) is 4.68 Å². The van der Waals surface area contributed by atoms with Crippen LogP contribution in [0.5, 0.6) is 0 Å². The Morgan fingerprint density at radius 2 is 1.82 bits per heavy atom. The molecule has 4 rings (SSSR count). The first-order valence-electron chi connectivity index (χ1n) is 8.28. The van der Waals surface area contributed by atoms with Crippen LogP contribution in [0.2, 0.25) is 5.02 Å². The first-order valence-corrected chi connectivity index (χ1v) is 9.47. The molecule has 0 aliphatic rings. The van der Waals surface area contributed by atoms with Crippen LogP contribution in [0.15, 0.2) is 55.1 Å². The Kier molecular flexibility index (Phi) is 4.81. The monoisotopic (exact) mass is 411 g/mol. The quantitative estimate of drug-likeness (QED) is 0.529. The van der Waals surface area contributed by atoms with E-state index in [2.05, 4.69) is 20.9 Å². The molecular formula is C19H14ClN5O2S. The number of benzene rings is 2. The number of anilines is 1. The Hall–Kier alpha value is -3.23. The topological polar surface area (TPSA) is 88.9 Å². The Bertz CT molecular complexity index is 1190. The smallest absolute Gasteiger partial charge is 0.272 e. The first kappa shape index (κ1) is 18.1.